The fourth-order valence-corrected chi connectivity index (χ4v) is 3.27. The number of carbonyl (C=O) groups is 1. The SMILES string of the molecule is Cc1nc2scc(-c3ccc(F)cc3)c2c(=O)n1CC(=O)O. The van der Waals surface area contributed by atoms with Crippen LogP contribution in [0.5, 0.6) is 0 Å². The molecule has 0 amide bonds. The predicted octanol–water partition coefficient (Wildman–Crippen LogP) is 2.66. The first kappa shape index (κ1) is 14.4. The first-order chi connectivity index (χ1) is 10.5. The number of halogens is 1. The van der Waals surface area contributed by atoms with Crippen LogP contribution in [0, 0.1) is 12.7 Å². The fraction of sp³-hybridized carbons (Fsp3) is 0.133. The van der Waals surface area contributed by atoms with E-state index in [2.05, 4.69) is 4.98 Å². The zero-order valence-corrected chi connectivity index (χ0v) is 12.4. The van der Waals surface area contributed by atoms with Crippen LogP contribution < -0.4 is 5.56 Å². The van der Waals surface area contributed by atoms with E-state index < -0.39 is 18.1 Å². The third-order valence-electron chi connectivity index (χ3n) is 3.33. The molecule has 0 radical (unpaired) electrons. The number of fused-ring (bicyclic) bond motifs is 1. The highest BCUT2D eigenvalue weighted by atomic mass is 32.1. The Balaban J connectivity index is 2.27. The van der Waals surface area contributed by atoms with E-state index in [4.69, 9.17) is 5.11 Å². The zero-order valence-electron chi connectivity index (χ0n) is 11.5. The van der Waals surface area contributed by atoms with Crippen LogP contribution >= 0.6 is 11.3 Å². The van der Waals surface area contributed by atoms with E-state index >= 15 is 0 Å². The molecular formula is C15H11FN2O3S. The summed E-state index contributed by atoms with van der Waals surface area (Å²) in [5.74, 6) is -1.11. The molecule has 0 unspecified atom stereocenters. The number of carboxylic acid groups (broad SMARTS) is 1. The summed E-state index contributed by atoms with van der Waals surface area (Å²) in [6.07, 6.45) is 0. The summed E-state index contributed by atoms with van der Waals surface area (Å²) in [6, 6.07) is 5.79. The predicted molar refractivity (Wildman–Crippen MR) is 81.6 cm³/mol. The molecule has 1 aromatic carbocycles. The lowest BCUT2D eigenvalue weighted by Crippen LogP contribution is -2.27. The molecular weight excluding hydrogens is 307 g/mol. The Morgan fingerprint density at radius 2 is 2.05 bits per heavy atom. The Morgan fingerprint density at radius 3 is 2.68 bits per heavy atom. The maximum absolute atomic E-state index is 13.0. The quantitative estimate of drug-likeness (QED) is 0.806. The van der Waals surface area contributed by atoms with Gasteiger partial charge in [0.1, 0.15) is 23.0 Å². The number of benzene rings is 1. The molecule has 1 N–H and O–H groups in total. The molecule has 22 heavy (non-hydrogen) atoms. The van der Waals surface area contributed by atoms with Gasteiger partial charge in [0.05, 0.1) is 5.39 Å². The molecule has 5 nitrogen and oxygen atoms in total. The Labute approximate surface area is 128 Å². The van der Waals surface area contributed by atoms with Gasteiger partial charge in [-0.15, -0.1) is 11.3 Å². The number of thiophene rings is 1. The third-order valence-corrected chi connectivity index (χ3v) is 4.21. The number of aromatic nitrogens is 2. The first-order valence-corrected chi connectivity index (χ1v) is 7.31. The normalized spacial score (nSPS) is 11.0. The van der Waals surface area contributed by atoms with Gasteiger partial charge in [-0.1, -0.05) is 12.1 Å². The van der Waals surface area contributed by atoms with Gasteiger partial charge in [0.2, 0.25) is 0 Å². The van der Waals surface area contributed by atoms with Gasteiger partial charge in [-0.05, 0) is 24.6 Å². The minimum absolute atomic E-state index is 0.354. The largest absolute Gasteiger partial charge is 0.480 e. The highest BCUT2D eigenvalue weighted by Crippen LogP contribution is 2.31. The molecule has 0 saturated heterocycles. The smallest absolute Gasteiger partial charge is 0.323 e. The minimum Gasteiger partial charge on any atom is -0.480 e. The summed E-state index contributed by atoms with van der Waals surface area (Å²) in [4.78, 5) is 28.4. The molecule has 0 aliphatic rings. The number of hydrogen-bond acceptors (Lipinski definition) is 4. The Morgan fingerprint density at radius 1 is 1.36 bits per heavy atom. The van der Waals surface area contributed by atoms with E-state index in [1.807, 2.05) is 0 Å². The standard InChI is InChI=1S/C15H11FN2O3S/c1-8-17-14-13(15(21)18(8)6-12(19)20)11(7-22-14)9-2-4-10(16)5-3-9/h2-5,7H,6H2,1H3,(H,19,20). The van der Waals surface area contributed by atoms with Gasteiger partial charge in [-0.3, -0.25) is 14.2 Å². The highest BCUT2D eigenvalue weighted by molar-refractivity contribution is 7.17. The van der Waals surface area contributed by atoms with Crippen LogP contribution in [0.4, 0.5) is 4.39 Å². The summed E-state index contributed by atoms with van der Waals surface area (Å²) in [5.41, 5.74) is 0.930. The van der Waals surface area contributed by atoms with Crippen LogP contribution in [0.3, 0.4) is 0 Å². The molecule has 7 heteroatoms. The van der Waals surface area contributed by atoms with Gasteiger partial charge in [-0.25, -0.2) is 9.37 Å². The number of hydrogen-bond donors (Lipinski definition) is 1. The van der Waals surface area contributed by atoms with Crippen molar-refractivity contribution in [3.05, 3.63) is 51.6 Å². The van der Waals surface area contributed by atoms with Crippen molar-refractivity contribution in [1.82, 2.24) is 9.55 Å². The fourth-order valence-electron chi connectivity index (χ4n) is 2.29. The second-order valence-corrected chi connectivity index (χ2v) is 5.64. The highest BCUT2D eigenvalue weighted by Gasteiger charge is 2.16. The van der Waals surface area contributed by atoms with Crippen molar-refractivity contribution in [3.8, 4) is 11.1 Å². The second-order valence-electron chi connectivity index (χ2n) is 4.78. The van der Waals surface area contributed by atoms with Crippen molar-refractivity contribution < 1.29 is 14.3 Å². The van der Waals surface area contributed by atoms with Gasteiger partial charge in [0.25, 0.3) is 5.56 Å². The molecule has 112 valence electrons. The van der Waals surface area contributed by atoms with E-state index in [-0.39, 0.29) is 5.82 Å². The summed E-state index contributed by atoms with van der Waals surface area (Å²) in [5, 5.41) is 11.1. The number of rotatable bonds is 3. The molecule has 0 spiro atoms. The van der Waals surface area contributed by atoms with Crippen molar-refractivity contribution >= 4 is 27.5 Å². The lowest BCUT2D eigenvalue weighted by Gasteiger charge is -2.07. The van der Waals surface area contributed by atoms with E-state index in [0.717, 1.165) is 4.57 Å². The maximum Gasteiger partial charge on any atom is 0.323 e. The average molecular weight is 318 g/mol. The molecule has 0 aliphatic carbocycles. The summed E-state index contributed by atoms with van der Waals surface area (Å²) >= 11 is 1.30. The van der Waals surface area contributed by atoms with E-state index in [1.54, 1.807) is 24.4 Å². The molecule has 0 saturated carbocycles. The summed E-state index contributed by atoms with van der Waals surface area (Å²) in [7, 11) is 0. The molecule has 2 aromatic heterocycles. The van der Waals surface area contributed by atoms with Crippen LogP contribution in [0.2, 0.25) is 0 Å². The Bertz CT molecular complexity index is 928. The van der Waals surface area contributed by atoms with Crippen molar-refractivity contribution in [2.24, 2.45) is 0 Å². The van der Waals surface area contributed by atoms with Gasteiger partial charge >= 0.3 is 5.97 Å². The summed E-state index contributed by atoms with van der Waals surface area (Å²) < 4.78 is 14.2. The van der Waals surface area contributed by atoms with Crippen LogP contribution in [-0.4, -0.2) is 20.6 Å². The zero-order chi connectivity index (χ0) is 15.9. The van der Waals surface area contributed by atoms with Crippen molar-refractivity contribution in [2.45, 2.75) is 13.5 Å². The van der Waals surface area contributed by atoms with Crippen LogP contribution in [0.15, 0.2) is 34.4 Å². The van der Waals surface area contributed by atoms with Crippen molar-refractivity contribution in [3.63, 3.8) is 0 Å². The lowest BCUT2D eigenvalue weighted by atomic mass is 10.1. The molecule has 3 rings (SSSR count). The second kappa shape index (κ2) is 5.34. The van der Waals surface area contributed by atoms with Gasteiger partial charge in [-0.2, -0.15) is 0 Å². The monoisotopic (exact) mass is 318 g/mol. The topological polar surface area (TPSA) is 72.2 Å². The first-order valence-electron chi connectivity index (χ1n) is 6.43. The minimum atomic E-state index is -1.11. The number of carboxylic acids is 1. The van der Waals surface area contributed by atoms with Gasteiger partial charge in [0.15, 0.2) is 0 Å². The number of aryl methyl sites for hydroxylation is 1. The van der Waals surface area contributed by atoms with Crippen LogP contribution in [0.1, 0.15) is 5.82 Å². The summed E-state index contributed by atoms with van der Waals surface area (Å²) in [6.45, 7) is 1.16. The average Bonchev–Trinajstić information content (AvgIpc) is 2.88. The third kappa shape index (κ3) is 2.39. The Hall–Kier alpha value is -2.54. The molecule has 0 atom stereocenters. The van der Waals surface area contributed by atoms with E-state index in [1.165, 1.54) is 23.5 Å². The van der Waals surface area contributed by atoms with E-state index in [0.29, 0.717) is 27.2 Å². The Kier molecular flexibility index (Phi) is 3.50. The molecule has 0 bridgehead atoms. The molecule has 2 heterocycles. The maximum atomic E-state index is 13.0. The van der Waals surface area contributed by atoms with Crippen LogP contribution in [-0.2, 0) is 11.3 Å². The van der Waals surface area contributed by atoms with Gasteiger partial charge < -0.3 is 5.11 Å². The van der Waals surface area contributed by atoms with Crippen molar-refractivity contribution in [1.29, 1.82) is 0 Å². The number of aliphatic carboxylic acids is 1. The van der Waals surface area contributed by atoms with E-state index in [9.17, 15) is 14.0 Å². The molecule has 0 aliphatic heterocycles. The molecule has 0 fully saturated rings. The molecule has 3 aromatic rings. The lowest BCUT2D eigenvalue weighted by molar-refractivity contribution is -0.137. The van der Waals surface area contributed by atoms with Gasteiger partial charge in [0, 0.05) is 10.9 Å². The van der Waals surface area contributed by atoms with Crippen LogP contribution in [0.25, 0.3) is 21.3 Å². The number of nitrogens with zero attached hydrogens (tertiary/aromatic N) is 2. The van der Waals surface area contributed by atoms with Crippen molar-refractivity contribution in [2.75, 3.05) is 0 Å².